The highest BCUT2D eigenvalue weighted by Gasteiger charge is 2.20. The zero-order valence-corrected chi connectivity index (χ0v) is 14.8. The number of para-hydroxylation sites is 1. The molecule has 9 nitrogen and oxygen atoms in total. The lowest BCUT2D eigenvalue weighted by molar-refractivity contribution is -0.384. The molecule has 0 aliphatic heterocycles. The van der Waals surface area contributed by atoms with Crippen molar-refractivity contribution in [1.82, 2.24) is 0 Å². The number of carbonyl (C=O) groups is 3. The number of nitro benzene ring substituents is 1. The number of anilines is 2. The van der Waals surface area contributed by atoms with Gasteiger partial charge in [-0.3, -0.25) is 19.7 Å². The molecule has 2 N–H and O–H groups in total. The van der Waals surface area contributed by atoms with Crippen LogP contribution in [0, 0.1) is 10.1 Å². The predicted octanol–water partition coefficient (Wildman–Crippen LogP) is 3.00. The number of esters is 1. The second-order valence-electron chi connectivity index (χ2n) is 5.10. The minimum atomic E-state index is -1.11. The zero-order chi connectivity index (χ0) is 20.0. The number of ether oxygens (including phenoxy) is 1. The van der Waals surface area contributed by atoms with Crippen LogP contribution in [0.3, 0.4) is 0 Å². The van der Waals surface area contributed by atoms with Crippen LogP contribution in [0.15, 0.2) is 42.5 Å². The minimum absolute atomic E-state index is 0.0219. The molecule has 0 saturated heterocycles. The molecular formula is C17H14ClN3O6. The van der Waals surface area contributed by atoms with E-state index in [9.17, 15) is 24.5 Å². The van der Waals surface area contributed by atoms with Gasteiger partial charge in [0.25, 0.3) is 5.69 Å². The molecule has 140 valence electrons. The van der Waals surface area contributed by atoms with Gasteiger partial charge in [0, 0.05) is 12.1 Å². The van der Waals surface area contributed by atoms with Gasteiger partial charge in [0.15, 0.2) is 0 Å². The first-order chi connectivity index (χ1) is 12.8. The van der Waals surface area contributed by atoms with E-state index in [1.807, 2.05) is 0 Å². The normalized spacial score (nSPS) is 10.0. The lowest BCUT2D eigenvalue weighted by Crippen LogP contribution is -2.30. The maximum Gasteiger partial charge on any atom is 0.340 e. The fraction of sp³-hybridized carbons (Fsp3) is 0.118. The molecule has 2 rings (SSSR count). The molecule has 0 aliphatic carbocycles. The van der Waals surface area contributed by atoms with E-state index in [2.05, 4.69) is 10.6 Å². The fourth-order valence-corrected chi connectivity index (χ4v) is 2.22. The Morgan fingerprint density at radius 2 is 1.70 bits per heavy atom. The van der Waals surface area contributed by atoms with E-state index in [1.54, 1.807) is 19.1 Å². The van der Waals surface area contributed by atoms with Gasteiger partial charge in [-0.1, -0.05) is 23.7 Å². The molecule has 0 aliphatic rings. The lowest BCUT2D eigenvalue weighted by atomic mass is 10.2. The van der Waals surface area contributed by atoms with Crippen molar-refractivity contribution in [2.45, 2.75) is 6.92 Å². The number of non-ortho nitro benzene ring substituents is 1. The highest BCUT2D eigenvalue weighted by molar-refractivity contribution is 6.45. The maximum atomic E-state index is 12.1. The van der Waals surface area contributed by atoms with Gasteiger partial charge in [-0.05, 0) is 25.1 Å². The Morgan fingerprint density at radius 3 is 2.33 bits per heavy atom. The highest BCUT2D eigenvalue weighted by atomic mass is 35.5. The first kappa shape index (κ1) is 19.9. The number of benzene rings is 2. The second-order valence-corrected chi connectivity index (χ2v) is 5.50. The monoisotopic (exact) mass is 391 g/mol. The van der Waals surface area contributed by atoms with Crippen molar-refractivity contribution >= 4 is 46.4 Å². The van der Waals surface area contributed by atoms with E-state index in [0.29, 0.717) is 0 Å². The van der Waals surface area contributed by atoms with Crippen LogP contribution in [-0.4, -0.2) is 29.3 Å². The molecule has 0 radical (unpaired) electrons. The summed E-state index contributed by atoms with van der Waals surface area (Å²) in [5, 5.41) is 15.3. The summed E-state index contributed by atoms with van der Waals surface area (Å²) < 4.78 is 4.89. The van der Waals surface area contributed by atoms with Crippen LogP contribution >= 0.6 is 11.6 Å². The van der Waals surface area contributed by atoms with E-state index < -0.39 is 22.7 Å². The van der Waals surface area contributed by atoms with Crippen molar-refractivity contribution in [3.63, 3.8) is 0 Å². The smallest absolute Gasteiger partial charge is 0.340 e. The van der Waals surface area contributed by atoms with Gasteiger partial charge in [-0.25, -0.2) is 4.79 Å². The molecule has 10 heteroatoms. The molecular weight excluding hydrogens is 378 g/mol. The SMILES string of the molecule is CCOC(=O)c1ccccc1NC(=O)C(=O)Nc1cc([N+](=O)[O-])ccc1Cl. The molecule has 0 fully saturated rings. The first-order valence-corrected chi connectivity index (χ1v) is 8.03. The second kappa shape index (κ2) is 8.77. The van der Waals surface area contributed by atoms with Crippen molar-refractivity contribution in [3.05, 3.63) is 63.2 Å². The number of hydrogen-bond donors (Lipinski definition) is 2. The maximum absolute atomic E-state index is 12.1. The van der Waals surface area contributed by atoms with Gasteiger partial charge in [-0.15, -0.1) is 0 Å². The van der Waals surface area contributed by atoms with Crippen LogP contribution in [0.25, 0.3) is 0 Å². The summed E-state index contributed by atoms with van der Waals surface area (Å²) in [5.41, 5.74) is -0.234. The summed E-state index contributed by atoms with van der Waals surface area (Å²) in [6.07, 6.45) is 0. The number of halogens is 1. The molecule has 0 saturated carbocycles. The molecule has 2 aromatic carbocycles. The number of hydrogen-bond acceptors (Lipinski definition) is 6. The summed E-state index contributed by atoms with van der Waals surface area (Å²) in [6.45, 7) is 1.78. The van der Waals surface area contributed by atoms with E-state index in [0.717, 1.165) is 12.1 Å². The van der Waals surface area contributed by atoms with Gasteiger partial charge < -0.3 is 15.4 Å². The Labute approximate surface area is 158 Å². The predicted molar refractivity (Wildman–Crippen MR) is 97.8 cm³/mol. The van der Waals surface area contributed by atoms with E-state index in [-0.39, 0.29) is 34.3 Å². The minimum Gasteiger partial charge on any atom is -0.462 e. The lowest BCUT2D eigenvalue weighted by Gasteiger charge is -2.11. The number of nitrogens with zero attached hydrogens (tertiary/aromatic N) is 1. The third-order valence-corrected chi connectivity index (χ3v) is 3.62. The fourth-order valence-electron chi connectivity index (χ4n) is 2.06. The zero-order valence-electron chi connectivity index (χ0n) is 14.0. The van der Waals surface area contributed by atoms with E-state index >= 15 is 0 Å². The number of carbonyl (C=O) groups excluding carboxylic acids is 3. The number of nitrogens with one attached hydrogen (secondary N) is 2. The Hall–Kier alpha value is -3.46. The average Bonchev–Trinajstić information content (AvgIpc) is 2.63. The number of nitro groups is 1. The molecule has 0 spiro atoms. The average molecular weight is 392 g/mol. The Balaban J connectivity index is 2.16. The molecule has 0 aromatic heterocycles. The van der Waals surface area contributed by atoms with Gasteiger partial charge in [0.1, 0.15) is 0 Å². The Kier molecular flexibility index (Phi) is 6.45. The number of amides is 2. The summed E-state index contributed by atoms with van der Waals surface area (Å²) in [5.74, 6) is -2.86. The quantitative estimate of drug-likeness (QED) is 0.349. The summed E-state index contributed by atoms with van der Waals surface area (Å²) in [6, 6.07) is 9.41. The van der Waals surface area contributed by atoms with E-state index in [1.165, 1.54) is 18.2 Å². The Morgan fingerprint density at radius 1 is 1.07 bits per heavy atom. The van der Waals surface area contributed by atoms with Crippen molar-refractivity contribution in [1.29, 1.82) is 0 Å². The molecule has 0 unspecified atom stereocenters. The Bertz CT molecular complexity index is 915. The summed E-state index contributed by atoms with van der Waals surface area (Å²) >= 11 is 5.88. The summed E-state index contributed by atoms with van der Waals surface area (Å²) in [7, 11) is 0. The van der Waals surface area contributed by atoms with E-state index in [4.69, 9.17) is 16.3 Å². The molecule has 0 bridgehead atoms. The van der Waals surface area contributed by atoms with Gasteiger partial charge in [0.05, 0.1) is 33.5 Å². The topological polar surface area (TPSA) is 128 Å². The van der Waals surface area contributed by atoms with Crippen LogP contribution < -0.4 is 10.6 Å². The molecule has 27 heavy (non-hydrogen) atoms. The third kappa shape index (κ3) is 5.02. The van der Waals surface area contributed by atoms with Crippen LogP contribution in [0.5, 0.6) is 0 Å². The van der Waals surface area contributed by atoms with Crippen LogP contribution in [-0.2, 0) is 14.3 Å². The third-order valence-electron chi connectivity index (χ3n) is 3.29. The molecule has 2 amide bonds. The van der Waals surface area contributed by atoms with Crippen LogP contribution in [0.1, 0.15) is 17.3 Å². The van der Waals surface area contributed by atoms with Crippen molar-refractivity contribution < 1.29 is 24.0 Å². The van der Waals surface area contributed by atoms with Crippen LogP contribution in [0.2, 0.25) is 5.02 Å². The van der Waals surface area contributed by atoms with Gasteiger partial charge in [0.2, 0.25) is 0 Å². The highest BCUT2D eigenvalue weighted by Crippen LogP contribution is 2.26. The number of rotatable bonds is 5. The van der Waals surface area contributed by atoms with Gasteiger partial charge >= 0.3 is 17.8 Å². The molecule has 0 heterocycles. The molecule has 0 atom stereocenters. The first-order valence-electron chi connectivity index (χ1n) is 7.66. The standard InChI is InChI=1S/C17H14ClN3O6/c1-2-27-17(24)11-5-3-4-6-13(11)19-15(22)16(23)20-14-9-10(21(25)26)7-8-12(14)18/h3-9H,2H2,1H3,(H,19,22)(H,20,23). The summed E-state index contributed by atoms with van der Waals surface area (Å²) in [4.78, 5) is 46.3. The van der Waals surface area contributed by atoms with Crippen LogP contribution in [0.4, 0.5) is 17.1 Å². The van der Waals surface area contributed by atoms with Crippen molar-refractivity contribution in [3.8, 4) is 0 Å². The largest absolute Gasteiger partial charge is 0.462 e. The van der Waals surface area contributed by atoms with Gasteiger partial charge in [-0.2, -0.15) is 0 Å². The molecule has 2 aromatic rings. The van der Waals surface area contributed by atoms with Crippen molar-refractivity contribution in [2.75, 3.05) is 17.2 Å². The van der Waals surface area contributed by atoms with Crippen molar-refractivity contribution in [2.24, 2.45) is 0 Å².